The van der Waals surface area contributed by atoms with E-state index in [1.807, 2.05) is 0 Å². The zero-order valence-electron chi connectivity index (χ0n) is 16.5. The molecule has 8 atom stereocenters. The summed E-state index contributed by atoms with van der Waals surface area (Å²) in [4.78, 5) is 58.0. The topological polar surface area (TPSA) is 359 Å². The van der Waals surface area contributed by atoms with Crippen LogP contribution in [0.15, 0.2) is 0 Å². The average molecular weight is 550 g/mol. The summed E-state index contributed by atoms with van der Waals surface area (Å²) in [6.07, 6.45) is -24.8. The van der Waals surface area contributed by atoms with E-state index >= 15 is 0 Å². The first-order valence-electron chi connectivity index (χ1n) is 8.52. The molecule has 0 aliphatic heterocycles. The Labute approximate surface area is 188 Å². The summed E-state index contributed by atoms with van der Waals surface area (Å²) in [5.74, 6) is -4.40. The molecule has 20 nitrogen and oxygen atoms in total. The highest BCUT2D eigenvalue weighted by atomic mass is 31.2. The van der Waals surface area contributed by atoms with Gasteiger partial charge in [0.25, 0.3) is 0 Å². The Balaban J connectivity index is 5.65. The number of ether oxygens (including phenoxy) is 1. The highest BCUT2D eigenvalue weighted by Gasteiger charge is 2.46. The Hall–Kier alpha value is -1.16. The first-order chi connectivity index (χ1) is 15.2. The highest BCUT2D eigenvalue weighted by molar-refractivity contribution is 7.47. The standard InChI is InChI=1S/C12H24O20P2/c13-1-2(14)3(15)4(16)7(19)11(23)30-9(10(21)22)6(18)5(17)8(20)12(31-33(24,25)26)32-34(27,28)29/h2-9,12-20H,1H2,(H,21,22)(H2,24,25,26)(H2,27,28,29)/t2-,3-,4+,5+,6+,7-,8+,9-/m1/s1. The van der Waals surface area contributed by atoms with E-state index < -0.39 is 89.3 Å². The highest BCUT2D eigenvalue weighted by Crippen LogP contribution is 2.45. The van der Waals surface area contributed by atoms with E-state index in [1.54, 1.807) is 0 Å². The molecule has 0 saturated carbocycles. The molecule has 0 heterocycles. The fourth-order valence-electron chi connectivity index (χ4n) is 2.08. The molecule has 13 N–H and O–H groups in total. The van der Waals surface area contributed by atoms with Gasteiger partial charge in [-0.2, -0.15) is 0 Å². The number of phosphoric acid groups is 2. The minimum atomic E-state index is -5.69. The van der Waals surface area contributed by atoms with E-state index in [-0.39, 0.29) is 0 Å². The summed E-state index contributed by atoms with van der Waals surface area (Å²) in [7, 11) is -11.4. The molecule has 0 saturated heterocycles. The van der Waals surface area contributed by atoms with Crippen LogP contribution in [0.3, 0.4) is 0 Å². The fraction of sp³-hybridized carbons (Fsp3) is 0.833. The maximum absolute atomic E-state index is 11.9. The van der Waals surface area contributed by atoms with Gasteiger partial charge in [-0.25, -0.2) is 18.7 Å². The Morgan fingerprint density at radius 2 is 1.15 bits per heavy atom. The minimum Gasteiger partial charge on any atom is -0.478 e. The Kier molecular flexibility index (Phi) is 12.8. The zero-order chi connectivity index (χ0) is 27.2. The number of esters is 1. The molecule has 34 heavy (non-hydrogen) atoms. The number of carbonyl (C=O) groups is 2. The third kappa shape index (κ3) is 10.6. The van der Waals surface area contributed by atoms with Crippen molar-refractivity contribution >= 4 is 27.6 Å². The predicted octanol–water partition coefficient (Wildman–Crippen LogP) is -6.95. The summed E-state index contributed by atoms with van der Waals surface area (Å²) in [5, 5.41) is 85.3. The summed E-state index contributed by atoms with van der Waals surface area (Å²) in [6.45, 7) is -1.14. The summed E-state index contributed by atoms with van der Waals surface area (Å²) >= 11 is 0. The largest absolute Gasteiger partial charge is 0.478 e. The summed E-state index contributed by atoms with van der Waals surface area (Å²) in [5.41, 5.74) is 0. The lowest BCUT2D eigenvalue weighted by atomic mass is 10.0. The SMILES string of the molecule is O=C(O[C@@H](C(=O)O)[C@@H](O)[C@H](O)[C@H](O)C(OP(=O)(O)O)OP(=O)(O)O)[C@H](O)[C@@H](O)[C@H](O)[C@H](O)CO. The van der Waals surface area contributed by atoms with Crippen molar-refractivity contribution in [3.8, 4) is 0 Å². The van der Waals surface area contributed by atoms with E-state index in [0.29, 0.717) is 0 Å². The van der Waals surface area contributed by atoms with Crippen LogP contribution in [0.25, 0.3) is 0 Å². The van der Waals surface area contributed by atoms with Crippen molar-refractivity contribution in [2.45, 2.75) is 55.1 Å². The second kappa shape index (κ2) is 13.2. The van der Waals surface area contributed by atoms with E-state index in [0.717, 1.165) is 0 Å². The van der Waals surface area contributed by atoms with E-state index in [2.05, 4.69) is 13.8 Å². The number of aliphatic hydroxyl groups excluding tert-OH is 8. The Bertz CT molecular complexity index is 739. The molecule has 0 aliphatic rings. The molecular formula is C12H24O20P2. The van der Waals surface area contributed by atoms with Gasteiger partial charge in [0, 0.05) is 0 Å². The van der Waals surface area contributed by atoms with Gasteiger partial charge in [0.05, 0.1) is 6.61 Å². The number of hydrogen-bond donors (Lipinski definition) is 13. The summed E-state index contributed by atoms with van der Waals surface area (Å²) in [6, 6.07) is 0. The van der Waals surface area contributed by atoms with E-state index in [4.69, 9.17) is 29.8 Å². The van der Waals surface area contributed by atoms with Gasteiger partial charge in [-0.3, -0.25) is 9.05 Å². The van der Waals surface area contributed by atoms with Gasteiger partial charge >= 0.3 is 27.6 Å². The van der Waals surface area contributed by atoms with Crippen LogP contribution in [0.2, 0.25) is 0 Å². The van der Waals surface area contributed by atoms with Crippen molar-refractivity contribution in [1.82, 2.24) is 0 Å². The first kappa shape index (κ1) is 32.8. The predicted molar refractivity (Wildman–Crippen MR) is 96.7 cm³/mol. The normalized spacial score (nSPS) is 20.0. The molecule has 0 radical (unpaired) electrons. The maximum Gasteiger partial charge on any atom is 0.472 e. The van der Waals surface area contributed by atoms with Crippen LogP contribution in [-0.4, -0.2) is 139 Å². The number of hydrogen-bond acceptors (Lipinski definition) is 15. The van der Waals surface area contributed by atoms with Gasteiger partial charge in [0.15, 0.2) is 6.10 Å². The third-order valence-corrected chi connectivity index (χ3v) is 4.72. The van der Waals surface area contributed by atoms with E-state index in [1.165, 1.54) is 0 Å². The van der Waals surface area contributed by atoms with Crippen LogP contribution >= 0.6 is 15.6 Å². The summed E-state index contributed by atoms with van der Waals surface area (Å²) < 4.78 is 33.4. The lowest BCUT2D eigenvalue weighted by Crippen LogP contribution is -2.55. The second-order valence-corrected chi connectivity index (χ2v) is 8.79. The molecule has 202 valence electrons. The Morgan fingerprint density at radius 3 is 1.50 bits per heavy atom. The smallest absolute Gasteiger partial charge is 0.472 e. The van der Waals surface area contributed by atoms with Crippen molar-refractivity contribution in [3.05, 3.63) is 0 Å². The molecule has 0 rings (SSSR count). The molecule has 0 aromatic heterocycles. The van der Waals surface area contributed by atoms with Crippen LogP contribution in [-0.2, 0) is 32.5 Å². The molecule has 0 bridgehead atoms. The number of rotatable bonds is 15. The number of phosphoric ester groups is 2. The maximum atomic E-state index is 11.9. The van der Waals surface area contributed by atoms with Crippen molar-refractivity contribution in [1.29, 1.82) is 0 Å². The van der Waals surface area contributed by atoms with Crippen molar-refractivity contribution < 1.29 is 98.0 Å². The molecule has 0 aromatic rings. The van der Waals surface area contributed by atoms with E-state index in [9.17, 15) is 54.5 Å². The van der Waals surface area contributed by atoms with Crippen LogP contribution < -0.4 is 0 Å². The monoisotopic (exact) mass is 550 g/mol. The van der Waals surface area contributed by atoms with Crippen molar-refractivity contribution in [2.75, 3.05) is 6.61 Å². The molecule has 0 fully saturated rings. The number of carboxylic acid groups (broad SMARTS) is 1. The zero-order valence-corrected chi connectivity index (χ0v) is 18.3. The third-order valence-electron chi connectivity index (χ3n) is 3.75. The van der Waals surface area contributed by atoms with Gasteiger partial charge in [0.2, 0.25) is 12.4 Å². The van der Waals surface area contributed by atoms with Crippen molar-refractivity contribution in [2.24, 2.45) is 0 Å². The lowest BCUT2D eigenvalue weighted by molar-refractivity contribution is -0.204. The fourth-order valence-corrected chi connectivity index (χ4v) is 3.02. The number of aliphatic hydroxyl groups is 8. The molecular weight excluding hydrogens is 526 g/mol. The van der Waals surface area contributed by atoms with Gasteiger partial charge < -0.3 is 70.3 Å². The molecule has 0 amide bonds. The van der Waals surface area contributed by atoms with Gasteiger partial charge in [-0.05, 0) is 0 Å². The van der Waals surface area contributed by atoms with Crippen molar-refractivity contribution in [3.63, 3.8) is 0 Å². The van der Waals surface area contributed by atoms with Crippen LogP contribution in [0.4, 0.5) is 0 Å². The Morgan fingerprint density at radius 1 is 0.706 bits per heavy atom. The van der Waals surface area contributed by atoms with Gasteiger partial charge in [-0.1, -0.05) is 0 Å². The second-order valence-electron chi connectivity index (χ2n) is 6.40. The molecule has 0 aliphatic carbocycles. The number of carboxylic acids is 1. The number of carbonyl (C=O) groups excluding carboxylic acids is 1. The number of aliphatic carboxylic acids is 1. The lowest BCUT2D eigenvalue weighted by Gasteiger charge is -2.31. The first-order valence-corrected chi connectivity index (χ1v) is 11.6. The average Bonchev–Trinajstić information content (AvgIpc) is 2.70. The van der Waals surface area contributed by atoms with Crippen LogP contribution in [0, 0.1) is 0 Å². The molecule has 0 unspecified atom stereocenters. The molecule has 0 spiro atoms. The quantitative estimate of drug-likeness (QED) is 0.0511. The van der Waals surface area contributed by atoms with Crippen LogP contribution in [0.1, 0.15) is 0 Å². The molecule has 0 aromatic carbocycles. The molecule has 22 heteroatoms. The van der Waals surface area contributed by atoms with Gasteiger partial charge in [-0.15, -0.1) is 0 Å². The van der Waals surface area contributed by atoms with Gasteiger partial charge in [0.1, 0.15) is 36.6 Å². The minimum absolute atomic E-state index is 1.14. The van der Waals surface area contributed by atoms with Crippen LogP contribution in [0.5, 0.6) is 0 Å².